The Kier molecular flexibility index (Phi) is 3.61. The number of aliphatic imine (C=N–C) groups is 1. The molecule has 0 unspecified atom stereocenters. The van der Waals surface area contributed by atoms with Crippen LogP contribution in [0.2, 0.25) is 0 Å². The maximum Gasteiger partial charge on any atom is 0.363 e. The lowest BCUT2D eigenvalue weighted by atomic mass is 10.1. The summed E-state index contributed by atoms with van der Waals surface area (Å²) < 4.78 is 16.8. The zero-order valence-electron chi connectivity index (χ0n) is 12.7. The van der Waals surface area contributed by atoms with E-state index in [1.54, 1.807) is 18.2 Å². The molecule has 2 heterocycles. The van der Waals surface area contributed by atoms with E-state index in [2.05, 4.69) is 20.9 Å². The smallest absolute Gasteiger partial charge is 0.363 e. The zero-order chi connectivity index (χ0) is 16.7. The van der Waals surface area contributed by atoms with Gasteiger partial charge in [0.15, 0.2) is 17.2 Å². The van der Waals surface area contributed by atoms with Crippen LogP contribution in [0, 0.1) is 6.92 Å². The number of hydrogen-bond acceptors (Lipinski definition) is 5. The van der Waals surface area contributed by atoms with Crippen molar-refractivity contribution in [1.82, 2.24) is 0 Å². The molecule has 0 spiro atoms. The van der Waals surface area contributed by atoms with Crippen molar-refractivity contribution in [3.63, 3.8) is 0 Å². The van der Waals surface area contributed by atoms with Crippen molar-refractivity contribution in [3.8, 4) is 11.5 Å². The zero-order valence-corrected chi connectivity index (χ0v) is 14.3. The number of benzene rings is 2. The first-order valence-corrected chi connectivity index (χ1v) is 8.09. The highest BCUT2D eigenvalue weighted by molar-refractivity contribution is 9.10. The van der Waals surface area contributed by atoms with E-state index in [1.165, 1.54) is 0 Å². The summed E-state index contributed by atoms with van der Waals surface area (Å²) in [5.41, 5.74) is 2.81. The summed E-state index contributed by atoms with van der Waals surface area (Å²) >= 11 is 3.47. The van der Waals surface area contributed by atoms with Gasteiger partial charge >= 0.3 is 5.97 Å². The number of fused-ring (bicyclic) bond motifs is 1. The molecule has 2 aliphatic heterocycles. The second-order valence-corrected chi connectivity index (χ2v) is 6.23. The summed E-state index contributed by atoms with van der Waals surface area (Å²) in [5.74, 6) is 1.15. The minimum absolute atomic E-state index is 0.194. The molecule has 0 atom stereocenters. The Bertz CT molecular complexity index is 917. The van der Waals surface area contributed by atoms with Crippen molar-refractivity contribution < 1.29 is 19.0 Å². The maximum atomic E-state index is 12.1. The standard InChI is InChI=1S/C18H12BrNO4/c1-10-4-2-3-5-12(10)17-20-14(18(21)24-17)6-11-7-15-16(8-13(11)19)23-9-22-15/h2-8H,9H2,1H3. The third kappa shape index (κ3) is 2.59. The summed E-state index contributed by atoms with van der Waals surface area (Å²) in [7, 11) is 0. The van der Waals surface area contributed by atoms with Crippen molar-refractivity contribution in [1.29, 1.82) is 0 Å². The van der Waals surface area contributed by atoms with E-state index in [0.29, 0.717) is 17.4 Å². The van der Waals surface area contributed by atoms with Gasteiger partial charge in [-0.25, -0.2) is 9.79 Å². The summed E-state index contributed by atoms with van der Waals surface area (Å²) in [6, 6.07) is 11.2. The molecule has 0 radical (unpaired) electrons. The predicted octanol–water partition coefficient (Wildman–Crippen LogP) is 3.83. The summed E-state index contributed by atoms with van der Waals surface area (Å²) in [6.07, 6.45) is 1.67. The Balaban J connectivity index is 1.73. The van der Waals surface area contributed by atoms with Gasteiger partial charge in [0.1, 0.15) is 0 Å². The molecule has 0 saturated carbocycles. The number of nitrogens with zero attached hydrogens (tertiary/aromatic N) is 1. The second-order valence-electron chi connectivity index (χ2n) is 5.38. The minimum atomic E-state index is -0.474. The van der Waals surface area contributed by atoms with Crippen LogP contribution >= 0.6 is 15.9 Å². The van der Waals surface area contributed by atoms with Crippen molar-refractivity contribution in [2.75, 3.05) is 6.79 Å². The van der Waals surface area contributed by atoms with Crippen molar-refractivity contribution in [2.24, 2.45) is 4.99 Å². The van der Waals surface area contributed by atoms with Crippen LogP contribution < -0.4 is 9.47 Å². The Labute approximate surface area is 146 Å². The van der Waals surface area contributed by atoms with E-state index in [4.69, 9.17) is 14.2 Å². The first-order valence-electron chi connectivity index (χ1n) is 7.29. The average Bonchev–Trinajstić information content (AvgIpc) is 3.15. The van der Waals surface area contributed by atoms with Gasteiger partial charge in [0, 0.05) is 10.0 Å². The number of carbonyl (C=O) groups excluding carboxylic acids is 1. The maximum absolute atomic E-state index is 12.1. The molecule has 0 fully saturated rings. The summed E-state index contributed by atoms with van der Waals surface area (Å²) in [5, 5.41) is 0. The van der Waals surface area contributed by atoms with Gasteiger partial charge in [-0.1, -0.05) is 34.1 Å². The molecular weight excluding hydrogens is 374 g/mol. The van der Waals surface area contributed by atoms with Crippen LogP contribution in [0.3, 0.4) is 0 Å². The normalized spacial score (nSPS) is 17.2. The fourth-order valence-electron chi connectivity index (χ4n) is 2.53. The molecule has 0 N–H and O–H groups in total. The molecule has 6 heteroatoms. The molecule has 2 aromatic carbocycles. The molecule has 2 aliphatic rings. The third-order valence-corrected chi connectivity index (χ3v) is 4.47. The number of esters is 1. The molecule has 4 rings (SSSR count). The van der Waals surface area contributed by atoms with Gasteiger partial charge in [0.2, 0.25) is 12.7 Å². The Morgan fingerprint density at radius 2 is 1.92 bits per heavy atom. The van der Waals surface area contributed by atoms with Gasteiger partial charge < -0.3 is 14.2 Å². The van der Waals surface area contributed by atoms with Gasteiger partial charge in [0.05, 0.1) is 0 Å². The number of rotatable bonds is 2. The first-order chi connectivity index (χ1) is 11.6. The molecular formula is C18H12BrNO4. The van der Waals surface area contributed by atoms with Crippen molar-refractivity contribution in [3.05, 3.63) is 63.3 Å². The lowest BCUT2D eigenvalue weighted by Crippen LogP contribution is -2.06. The Morgan fingerprint density at radius 1 is 1.17 bits per heavy atom. The number of cyclic esters (lactones) is 1. The number of ether oxygens (including phenoxy) is 3. The number of hydrogen-bond donors (Lipinski definition) is 0. The van der Waals surface area contributed by atoms with E-state index >= 15 is 0 Å². The molecule has 0 aliphatic carbocycles. The highest BCUT2D eigenvalue weighted by Gasteiger charge is 2.25. The van der Waals surface area contributed by atoms with Crippen LogP contribution in [-0.4, -0.2) is 18.7 Å². The quantitative estimate of drug-likeness (QED) is 0.582. The van der Waals surface area contributed by atoms with E-state index < -0.39 is 5.97 Å². The third-order valence-electron chi connectivity index (χ3n) is 3.78. The second kappa shape index (κ2) is 5.79. The van der Waals surface area contributed by atoms with E-state index in [9.17, 15) is 4.79 Å². The fraction of sp³-hybridized carbons (Fsp3) is 0.111. The van der Waals surface area contributed by atoms with Crippen LogP contribution in [0.5, 0.6) is 11.5 Å². The lowest BCUT2D eigenvalue weighted by molar-refractivity contribution is -0.129. The largest absolute Gasteiger partial charge is 0.454 e. The highest BCUT2D eigenvalue weighted by Crippen LogP contribution is 2.38. The number of carbonyl (C=O) groups is 1. The van der Waals surface area contributed by atoms with Gasteiger partial charge in [-0.2, -0.15) is 0 Å². The molecule has 0 bridgehead atoms. The summed E-state index contributed by atoms with van der Waals surface area (Å²) in [6.45, 7) is 2.14. The van der Waals surface area contributed by atoms with Gasteiger partial charge in [-0.15, -0.1) is 0 Å². The molecule has 0 aromatic heterocycles. The predicted molar refractivity (Wildman–Crippen MR) is 92.1 cm³/mol. The molecule has 0 saturated heterocycles. The van der Waals surface area contributed by atoms with Crippen LogP contribution in [0.25, 0.3) is 6.08 Å². The number of halogens is 1. The van der Waals surface area contributed by atoms with E-state index in [-0.39, 0.29) is 12.5 Å². The Morgan fingerprint density at radius 3 is 2.71 bits per heavy atom. The van der Waals surface area contributed by atoms with Crippen LogP contribution in [0.1, 0.15) is 16.7 Å². The topological polar surface area (TPSA) is 57.1 Å². The van der Waals surface area contributed by atoms with Crippen LogP contribution in [0.15, 0.2) is 51.6 Å². The fourth-order valence-corrected chi connectivity index (χ4v) is 2.96. The van der Waals surface area contributed by atoms with Crippen LogP contribution in [0.4, 0.5) is 0 Å². The average molecular weight is 386 g/mol. The molecule has 120 valence electrons. The molecule has 24 heavy (non-hydrogen) atoms. The monoisotopic (exact) mass is 385 g/mol. The minimum Gasteiger partial charge on any atom is -0.454 e. The Hall–Kier alpha value is -2.60. The number of aryl methyl sites for hydroxylation is 1. The first kappa shape index (κ1) is 15.0. The van der Waals surface area contributed by atoms with Gasteiger partial charge in [-0.3, -0.25) is 0 Å². The molecule has 5 nitrogen and oxygen atoms in total. The van der Waals surface area contributed by atoms with Crippen molar-refractivity contribution >= 4 is 33.9 Å². The van der Waals surface area contributed by atoms with Gasteiger partial charge in [0.25, 0.3) is 0 Å². The van der Waals surface area contributed by atoms with Gasteiger partial charge in [-0.05, 0) is 42.3 Å². The van der Waals surface area contributed by atoms with Crippen molar-refractivity contribution in [2.45, 2.75) is 6.92 Å². The van der Waals surface area contributed by atoms with Crippen LogP contribution in [-0.2, 0) is 9.53 Å². The summed E-state index contributed by atoms with van der Waals surface area (Å²) in [4.78, 5) is 16.5. The SMILES string of the molecule is Cc1ccccc1C1=NC(=Cc2cc3c(cc2Br)OCO3)C(=O)O1. The molecule has 2 aromatic rings. The molecule has 0 amide bonds. The lowest BCUT2D eigenvalue weighted by Gasteiger charge is -2.02. The van der Waals surface area contributed by atoms with E-state index in [1.807, 2.05) is 31.2 Å². The van der Waals surface area contributed by atoms with E-state index in [0.717, 1.165) is 21.2 Å². The highest BCUT2D eigenvalue weighted by atomic mass is 79.9.